The Bertz CT molecular complexity index is 351. The van der Waals surface area contributed by atoms with Gasteiger partial charge >= 0.3 is 0 Å². The highest BCUT2D eigenvalue weighted by Gasteiger charge is 2.29. The van der Waals surface area contributed by atoms with Crippen molar-refractivity contribution in [2.24, 2.45) is 29.2 Å². The summed E-state index contributed by atoms with van der Waals surface area (Å²) in [5, 5.41) is 0. The standard InChI is InChI=1S/C15H27N3O2/c16-9-12-5-3-11(4-6-12)8-14(19)18-7-1-2-13(10-18)15(17)20/h11-13H,1-10,16H2,(H2,17,20). The smallest absolute Gasteiger partial charge is 0.222 e. The zero-order valence-electron chi connectivity index (χ0n) is 12.2. The Kier molecular flexibility index (Phi) is 5.40. The minimum atomic E-state index is -0.272. The average molecular weight is 281 g/mol. The highest BCUT2D eigenvalue weighted by molar-refractivity contribution is 5.80. The molecule has 1 atom stereocenters. The van der Waals surface area contributed by atoms with Crippen LogP contribution in [0.15, 0.2) is 0 Å². The van der Waals surface area contributed by atoms with Gasteiger partial charge in [0.25, 0.3) is 0 Å². The molecule has 0 aromatic carbocycles. The molecule has 114 valence electrons. The molecule has 5 heteroatoms. The van der Waals surface area contributed by atoms with Gasteiger partial charge in [-0.25, -0.2) is 0 Å². The molecule has 4 N–H and O–H groups in total. The van der Waals surface area contributed by atoms with Crippen molar-refractivity contribution < 1.29 is 9.59 Å². The van der Waals surface area contributed by atoms with Gasteiger partial charge in [-0.15, -0.1) is 0 Å². The number of likely N-dealkylation sites (tertiary alicyclic amines) is 1. The maximum atomic E-state index is 12.3. The lowest BCUT2D eigenvalue weighted by Crippen LogP contribution is -2.44. The SMILES string of the molecule is NCC1CCC(CC(=O)N2CCCC(C(N)=O)C2)CC1. The second kappa shape index (κ2) is 7.07. The van der Waals surface area contributed by atoms with E-state index in [1.165, 1.54) is 0 Å². The summed E-state index contributed by atoms with van der Waals surface area (Å²) in [5.41, 5.74) is 11.0. The Morgan fingerprint density at radius 3 is 2.30 bits per heavy atom. The first-order chi connectivity index (χ1) is 9.60. The van der Waals surface area contributed by atoms with Crippen molar-refractivity contribution >= 4 is 11.8 Å². The third kappa shape index (κ3) is 3.95. The number of nitrogens with zero attached hydrogens (tertiary/aromatic N) is 1. The molecule has 0 aromatic heterocycles. The van der Waals surface area contributed by atoms with Crippen LogP contribution in [-0.2, 0) is 9.59 Å². The molecule has 5 nitrogen and oxygen atoms in total. The lowest BCUT2D eigenvalue weighted by molar-refractivity contribution is -0.136. The summed E-state index contributed by atoms with van der Waals surface area (Å²) in [6.07, 6.45) is 6.86. The predicted molar refractivity (Wildman–Crippen MR) is 77.6 cm³/mol. The van der Waals surface area contributed by atoms with E-state index in [2.05, 4.69) is 0 Å². The number of nitrogens with two attached hydrogens (primary N) is 2. The van der Waals surface area contributed by atoms with E-state index in [4.69, 9.17) is 11.5 Å². The van der Waals surface area contributed by atoms with Crippen molar-refractivity contribution in [1.82, 2.24) is 4.90 Å². The number of hydrogen-bond acceptors (Lipinski definition) is 3. The monoisotopic (exact) mass is 281 g/mol. The fourth-order valence-corrected chi connectivity index (χ4v) is 3.48. The number of rotatable bonds is 4. The molecule has 1 saturated heterocycles. The van der Waals surface area contributed by atoms with Crippen molar-refractivity contribution in [3.63, 3.8) is 0 Å². The zero-order valence-corrected chi connectivity index (χ0v) is 12.2. The highest BCUT2D eigenvalue weighted by atomic mass is 16.2. The first-order valence-electron chi connectivity index (χ1n) is 7.87. The number of piperidine rings is 1. The van der Waals surface area contributed by atoms with E-state index in [1.54, 1.807) is 0 Å². The van der Waals surface area contributed by atoms with Crippen LogP contribution in [-0.4, -0.2) is 36.3 Å². The molecule has 1 saturated carbocycles. The van der Waals surface area contributed by atoms with Crippen molar-refractivity contribution in [2.45, 2.75) is 44.9 Å². The Morgan fingerprint density at radius 2 is 1.70 bits per heavy atom. The summed E-state index contributed by atoms with van der Waals surface area (Å²) in [5.74, 6) is 0.925. The number of hydrogen-bond donors (Lipinski definition) is 2. The molecule has 1 aliphatic carbocycles. The van der Waals surface area contributed by atoms with Gasteiger partial charge in [0.1, 0.15) is 0 Å². The number of carbonyl (C=O) groups excluding carboxylic acids is 2. The minimum Gasteiger partial charge on any atom is -0.369 e. The van der Waals surface area contributed by atoms with Gasteiger partial charge < -0.3 is 16.4 Å². The van der Waals surface area contributed by atoms with Crippen LogP contribution in [0.25, 0.3) is 0 Å². The second-order valence-corrected chi connectivity index (χ2v) is 6.41. The van der Waals surface area contributed by atoms with Gasteiger partial charge in [0.05, 0.1) is 5.92 Å². The largest absolute Gasteiger partial charge is 0.369 e. The van der Waals surface area contributed by atoms with Gasteiger partial charge in [-0.1, -0.05) is 0 Å². The fourth-order valence-electron chi connectivity index (χ4n) is 3.48. The summed E-state index contributed by atoms with van der Waals surface area (Å²) in [6, 6.07) is 0. The molecule has 2 aliphatic rings. The van der Waals surface area contributed by atoms with Gasteiger partial charge in [0.2, 0.25) is 11.8 Å². The van der Waals surface area contributed by atoms with E-state index in [0.29, 0.717) is 24.8 Å². The van der Waals surface area contributed by atoms with Gasteiger partial charge in [-0.3, -0.25) is 9.59 Å². The van der Waals surface area contributed by atoms with E-state index in [1.807, 2.05) is 4.90 Å². The van der Waals surface area contributed by atoms with Crippen molar-refractivity contribution in [1.29, 1.82) is 0 Å². The molecule has 1 unspecified atom stereocenters. The van der Waals surface area contributed by atoms with Crippen LogP contribution in [0.1, 0.15) is 44.9 Å². The van der Waals surface area contributed by atoms with E-state index < -0.39 is 0 Å². The molecule has 0 bridgehead atoms. The molecule has 20 heavy (non-hydrogen) atoms. The van der Waals surface area contributed by atoms with Crippen molar-refractivity contribution in [3.8, 4) is 0 Å². The van der Waals surface area contributed by atoms with Gasteiger partial charge in [-0.2, -0.15) is 0 Å². The second-order valence-electron chi connectivity index (χ2n) is 6.41. The molecule has 0 aromatic rings. The fraction of sp³-hybridized carbons (Fsp3) is 0.867. The quantitative estimate of drug-likeness (QED) is 0.801. The summed E-state index contributed by atoms with van der Waals surface area (Å²) in [7, 11) is 0. The molecule has 2 rings (SSSR count). The molecule has 0 spiro atoms. The van der Waals surface area contributed by atoms with Crippen LogP contribution in [0.2, 0.25) is 0 Å². The van der Waals surface area contributed by atoms with Gasteiger partial charge in [-0.05, 0) is 56.9 Å². The van der Waals surface area contributed by atoms with E-state index in [-0.39, 0.29) is 17.7 Å². The van der Waals surface area contributed by atoms with E-state index in [0.717, 1.165) is 51.6 Å². The summed E-state index contributed by atoms with van der Waals surface area (Å²) < 4.78 is 0. The van der Waals surface area contributed by atoms with E-state index in [9.17, 15) is 9.59 Å². The Morgan fingerprint density at radius 1 is 1.05 bits per heavy atom. The third-order valence-corrected chi connectivity index (χ3v) is 4.94. The summed E-state index contributed by atoms with van der Waals surface area (Å²) in [6.45, 7) is 2.07. The van der Waals surface area contributed by atoms with Gasteiger partial charge in [0.15, 0.2) is 0 Å². The molecular formula is C15H27N3O2. The maximum absolute atomic E-state index is 12.3. The lowest BCUT2D eigenvalue weighted by Gasteiger charge is -2.33. The molecular weight excluding hydrogens is 254 g/mol. The zero-order chi connectivity index (χ0) is 14.5. The first kappa shape index (κ1) is 15.3. The molecule has 1 aliphatic heterocycles. The minimum absolute atomic E-state index is 0.152. The number of amides is 2. The first-order valence-corrected chi connectivity index (χ1v) is 7.87. The molecule has 2 amide bonds. The number of primary amides is 1. The van der Waals surface area contributed by atoms with Crippen molar-refractivity contribution in [2.75, 3.05) is 19.6 Å². The van der Waals surface area contributed by atoms with Crippen molar-refractivity contribution in [3.05, 3.63) is 0 Å². The predicted octanol–water partition coefficient (Wildman–Crippen LogP) is 0.866. The van der Waals surface area contributed by atoms with Crippen LogP contribution in [0.3, 0.4) is 0 Å². The molecule has 1 heterocycles. The summed E-state index contributed by atoms with van der Waals surface area (Å²) >= 11 is 0. The van der Waals surface area contributed by atoms with Crippen LogP contribution in [0.4, 0.5) is 0 Å². The molecule has 2 fully saturated rings. The van der Waals surface area contributed by atoms with Crippen LogP contribution >= 0.6 is 0 Å². The summed E-state index contributed by atoms with van der Waals surface area (Å²) in [4.78, 5) is 25.4. The lowest BCUT2D eigenvalue weighted by atomic mass is 9.80. The van der Waals surface area contributed by atoms with Crippen LogP contribution in [0.5, 0.6) is 0 Å². The highest BCUT2D eigenvalue weighted by Crippen LogP contribution is 2.31. The van der Waals surface area contributed by atoms with Crippen LogP contribution < -0.4 is 11.5 Å². The average Bonchev–Trinajstić information content (AvgIpc) is 2.48. The van der Waals surface area contributed by atoms with E-state index >= 15 is 0 Å². The number of carbonyl (C=O) groups is 2. The Balaban J connectivity index is 1.78. The maximum Gasteiger partial charge on any atom is 0.222 e. The topological polar surface area (TPSA) is 89.4 Å². The molecule has 0 radical (unpaired) electrons. The van der Waals surface area contributed by atoms with Gasteiger partial charge in [0, 0.05) is 19.5 Å². The Hall–Kier alpha value is -1.10. The third-order valence-electron chi connectivity index (χ3n) is 4.94. The van der Waals surface area contributed by atoms with Crippen LogP contribution in [0, 0.1) is 17.8 Å². The normalized spacial score (nSPS) is 31.1. The Labute approximate surface area is 121 Å².